The zero-order chi connectivity index (χ0) is 15.7. The summed E-state index contributed by atoms with van der Waals surface area (Å²) in [5.74, 6) is -0.674. The van der Waals surface area contributed by atoms with E-state index in [1.165, 1.54) is 0 Å². The number of hydrogen-bond donors (Lipinski definition) is 5. The van der Waals surface area contributed by atoms with Crippen LogP contribution in [0.5, 0.6) is 0 Å². The molecule has 0 amide bonds. The summed E-state index contributed by atoms with van der Waals surface area (Å²) in [6.45, 7) is 4.97. The molecule has 114 valence electrons. The highest BCUT2D eigenvalue weighted by atomic mass is 31.2. The molecule has 10 heteroatoms. The van der Waals surface area contributed by atoms with Crippen LogP contribution in [0.1, 0.15) is 40.0 Å². The fraction of sp³-hybridized carbons (Fsp3) is 0.889. The molecule has 0 fully saturated rings. The lowest BCUT2D eigenvalue weighted by Crippen LogP contribution is -2.44. The Labute approximate surface area is 111 Å². The largest absolute Gasteiger partial charge is 0.358 e. The molecule has 8 nitrogen and oxygen atoms in total. The maximum atomic E-state index is 12.1. The van der Waals surface area contributed by atoms with Crippen LogP contribution in [0.2, 0.25) is 0 Å². The van der Waals surface area contributed by atoms with E-state index >= 15 is 0 Å². The van der Waals surface area contributed by atoms with E-state index in [1.54, 1.807) is 20.8 Å². The van der Waals surface area contributed by atoms with Crippen LogP contribution in [-0.4, -0.2) is 30.4 Å². The normalized spacial score (nSPS) is 14.5. The van der Waals surface area contributed by atoms with Gasteiger partial charge in [-0.1, -0.05) is 20.8 Å². The second kappa shape index (κ2) is 5.74. The van der Waals surface area contributed by atoms with Gasteiger partial charge in [0.25, 0.3) is 0 Å². The van der Waals surface area contributed by atoms with Crippen LogP contribution in [0.4, 0.5) is 0 Å². The molecule has 19 heavy (non-hydrogen) atoms. The van der Waals surface area contributed by atoms with Crippen molar-refractivity contribution < 1.29 is 33.5 Å². The third-order valence-corrected chi connectivity index (χ3v) is 7.56. The molecular formula is C9H21NO7P2. The van der Waals surface area contributed by atoms with E-state index in [2.05, 4.69) is 0 Å². The van der Waals surface area contributed by atoms with Crippen LogP contribution in [0.25, 0.3) is 0 Å². The van der Waals surface area contributed by atoms with Gasteiger partial charge in [-0.2, -0.15) is 0 Å². The van der Waals surface area contributed by atoms with Gasteiger partial charge in [-0.05, 0) is 12.8 Å². The maximum Gasteiger partial charge on any atom is 0.358 e. The van der Waals surface area contributed by atoms with Crippen molar-refractivity contribution in [2.75, 3.05) is 0 Å². The Morgan fingerprint density at radius 2 is 1.37 bits per heavy atom. The van der Waals surface area contributed by atoms with E-state index < -0.39 is 37.8 Å². The van der Waals surface area contributed by atoms with Gasteiger partial charge in [0, 0.05) is 11.8 Å². The smallest absolute Gasteiger partial charge is 0.323 e. The molecule has 0 aromatic carbocycles. The van der Waals surface area contributed by atoms with Gasteiger partial charge < -0.3 is 25.3 Å². The highest BCUT2D eigenvalue weighted by Crippen LogP contribution is 2.67. The highest BCUT2D eigenvalue weighted by molar-refractivity contribution is 7.72. The maximum absolute atomic E-state index is 12.1. The first-order valence-corrected chi connectivity index (χ1v) is 8.91. The second-order valence-electron chi connectivity index (χ2n) is 4.83. The first kappa shape index (κ1) is 18.9. The first-order chi connectivity index (χ1) is 8.25. The Hall–Kier alpha value is -0.0700. The van der Waals surface area contributed by atoms with E-state index in [-0.39, 0.29) is 0 Å². The topological polar surface area (TPSA) is 158 Å². The third-order valence-electron chi connectivity index (χ3n) is 3.66. The van der Waals surface area contributed by atoms with Crippen LogP contribution in [-0.2, 0) is 13.9 Å². The molecule has 0 bridgehead atoms. The van der Waals surface area contributed by atoms with Crippen molar-refractivity contribution in [3.8, 4) is 0 Å². The summed E-state index contributed by atoms with van der Waals surface area (Å²) in [5.41, 5.74) is 4.29. The van der Waals surface area contributed by atoms with Crippen LogP contribution in [0.3, 0.4) is 0 Å². The van der Waals surface area contributed by atoms with Gasteiger partial charge in [0.2, 0.25) is 5.02 Å². The number of carbonyl (C=O) groups is 1. The van der Waals surface area contributed by atoms with Gasteiger partial charge in [-0.3, -0.25) is 13.9 Å². The van der Waals surface area contributed by atoms with Gasteiger partial charge in [0.15, 0.2) is 0 Å². The predicted octanol–water partition coefficient (Wildman–Crippen LogP) is 0.740. The minimum atomic E-state index is -5.36. The molecule has 0 rings (SSSR count). The molecule has 0 radical (unpaired) electrons. The summed E-state index contributed by atoms with van der Waals surface area (Å²) in [5, 5.41) is -3.16. The van der Waals surface area contributed by atoms with E-state index in [0.717, 1.165) is 0 Å². The summed E-state index contributed by atoms with van der Waals surface area (Å²) in [6.07, 6.45) is -0.318. The molecule has 6 N–H and O–H groups in total. The molecule has 0 saturated carbocycles. The molecule has 0 atom stereocenters. The van der Waals surface area contributed by atoms with Crippen LogP contribution < -0.4 is 5.73 Å². The number of hydrogen-bond acceptors (Lipinski definition) is 4. The molecule has 0 aliphatic carbocycles. The third kappa shape index (κ3) is 3.73. The van der Waals surface area contributed by atoms with Gasteiger partial charge in [-0.25, -0.2) is 0 Å². The average Bonchev–Trinajstić information content (AvgIpc) is 2.24. The predicted molar refractivity (Wildman–Crippen MR) is 69.3 cm³/mol. The zero-order valence-corrected chi connectivity index (χ0v) is 12.9. The van der Waals surface area contributed by atoms with Crippen molar-refractivity contribution in [3.63, 3.8) is 0 Å². The highest BCUT2D eigenvalue weighted by Gasteiger charge is 2.59. The quantitative estimate of drug-likeness (QED) is 0.430. The Morgan fingerprint density at radius 1 is 1.05 bits per heavy atom. The van der Waals surface area contributed by atoms with Gasteiger partial charge >= 0.3 is 15.2 Å². The fourth-order valence-corrected chi connectivity index (χ4v) is 3.53. The van der Waals surface area contributed by atoms with Crippen LogP contribution >= 0.6 is 15.2 Å². The zero-order valence-electron chi connectivity index (χ0n) is 11.1. The van der Waals surface area contributed by atoms with Gasteiger partial charge in [-0.15, -0.1) is 0 Å². The van der Waals surface area contributed by atoms with Crippen molar-refractivity contribution in [2.45, 2.75) is 45.1 Å². The monoisotopic (exact) mass is 317 g/mol. The standard InChI is InChI=1S/C9H21NO7P2/c1-4-8(3,5-2)7(11)6-9(10,18(12,13)14)19(15,16)17/h4-6,10H2,1-3H3,(H2,12,13,14)(H2,15,16,17). The number of Topliss-reactive ketones (excluding diaryl/α,β-unsaturated/α-hetero) is 1. The van der Waals surface area contributed by atoms with Crippen molar-refractivity contribution >= 4 is 21.0 Å². The summed E-state index contributed by atoms with van der Waals surface area (Å²) < 4.78 is 22.5. The van der Waals surface area contributed by atoms with Crippen molar-refractivity contribution in [1.29, 1.82) is 0 Å². The molecule has 0 aromatic heterocycles. The second-order valence-corrected chi connectivity index (χ2v) is 8.96. The minimum absolute atomic E-state index is 0.376. The fourth-order valence-electron chi connectivity index (χ4n) is 1.47. The van der Waals surface area contributed by atoms with Crippen molar-refractivity contribution in [2.24, 2.45) is 11.1 Å². The first-order valence-electron chi connectivity index (χ1n) is 5.68. The van der Waals surface area contributed by atoms with Crippen molar-refractivity contribution in [3.05, 3.63) is 0 Å². The number of rotatable bonds is 7. The van der Waals surface area contributed by atoms with Crippen LogP contribution in [0, 0.1) is 5.41 Å². The molecule has 0 heterocycles. The molecule has 0 unspecified atom stereocenters. The molecule has 0 aromatic rings. The minimum Gasteiger partial charge on any atom is -0.323 e. The van der Waals surface area contributed by atoms with E-state index in [4.69, 9.17) is 25.3 Å². The van der Waals surface area contributed by atoms with Crippen molar-refractivity contribution in [1.82, 2.24) is 0 Å². The SMILES string of the molecule is CCC(C)(CC)C(=O)CC(N)(P(=O)(O)O)P(=O)(O)O. The summed E-state index contributed by atoms with van der Waals surface area (Å²) in [7, 11) is -10.7. The Morgan fingerprint density at radius 3 is 1.58 bits per heavy atom. The number of nitrogens with two attached hydrogens (primary N) is 1. The number of carbonyl (C=O) groups excluding carboxylic acids is 1. The molecular weight excluding hydrogens is 296 g/mol. The summed E-state index contributed by atoms with van der Waals surface area (Å²) >= 11 is 0. The Kier molecular flexibility index (Phi) is 5.72. The lowest BCUT2D eigenvalue weighted by molar-refractivity contribution is -0.128. The lowest BCUT2D eigenvalue weighted by atomic mass is 9.79. The molecule has 0 aliphatic heterocycles. The molecule has 0 spiro atoms. The number of ketones is 1. The average molecular weight is 317 g/mol. The van der Waals surface area contributed by atoms with E-state index in [1.807, 2.05) is 0 Å². The Balaban J connectivity index is 5.60. The van der Waals surface area contributed by atoms with E-state index in [9.17, 15) is 13.9 Å². The van der Waals surface area contributed by atoms with Gasteiger partial charge in [0.1, 0.15) is 5.78 Å². The lowest BCUT2D eigenvalue weighted by Gasteiger charge is -2.33. The summed E-state index contributed by atoms with van der Waals surface area (Å²) in [4.78, 5) is 48.4. The molecule has 0 aliphatic rings. The summed E-state index contributed by atoms with van der Waals surface area (Å²) in [6, 6.07) is 0. The van der Waals surface area contributed by atoms with E-state index in [0.29, 0.717) is 12.8 Å². The molecule has 0 saturated heterocycles. The van der Waals surface area contributed by atoms with Gasteiger partial charge in [0.05, 0.1) is 0 Å². The Bertz CT molecular complexity index is 412. The van der Waals surface area contributed by atoms with Crippen LogP contribution in [0.15, 0.2) is 0 Å².